The normalized spacial score (nSPS) is 10.3. The van der Waals surface area contributed by atoms with Crippen LogP contribution in [0.3, 0.4) is 0 Å². The Morgan fingerprint density at radius 2 is 2.00 bits per heavy atom. The number of aromatic nitrogens is 3. The average molecular weight is 309 g/mol. The third-order valence-corrected chi connectivity index (χ3v) is 2.66. The second-order valence-corrected chi connectivity index (χ2v) is 4.02. The highest BCUT2D eigenvalue weighted by atomic mass is 16.5. The van der Waals surface area contributed by atoms with Gasteiger partial charge in [0.05, 0.1) is 14.2 Å². The number of methoxy groups -OCH3 is 2. The maximum Gasteiger partial charge on any atom is 0.361 e. The smallest absolute Gasteiger partial charge is 0.361 e. The lowest BCUT2D eigenvalue weighted by Crippen LogP contribution is -2.17. The van der Waals surface area contributed by atoms with E-state index in [1.165, 1.54) is 0 Å². The van der Waals surface area contributed by atoms with E-state index in [-0.39, 0.29) is 23.7 Å². The lowest BCUT2D eigenvalue weighted by atomic mass is 10.3. The van der Waals surface area contributed by atoms with Crippen LogP contribution in [-0.4, -0.2) is 46.3 Å². The number of carbonyl (C=O) groups excluding carboxylic acids is 2. The Kier molecular flexibility index (Phi) is 4.20. The Balaban J connectivity index is 2.44. The summed E-state index contributed by atoms with van der Waals surface area (Å²) in [7, 11) is 2.25. The molecule has 10 heteroatoms. The molecular weight excluding hydrogens is 298 g/mol. The minimum absolute atomic E-state index is 0.0919. The monoisotopic (exact) mass is 309 g/mol. The molecule has 116 valence electrons. The molecule has 0 unspecified atom stereocenters. The molecule has 0 aliphatic heterocycles. The number of aromatic hydroxyl groups is 1. The molecule has 22 heavy (non-hydrogen) atoms. The largest absolute Gasteiger partial charge is 0.502 e. The molecule has 0 amide bonds. The highest BCUT2D eigenvalue weighted by Crippen LogP contribution is 2.12. The van der Waals surface area contributed by atoms with Crippen molar-refractivity contribution in [1.29, 1.82) is 0 Å². The summed E-state index contributed by atoms with van der Waals surface area (Å²) < 4.78 is 15.1. The van der Waals surface area contributed by atoms with Crippen LogP contribution in [0.5, 0.6) is 5.75 Å². The molecule has 0 fully saturated rings. The van der Waals surface area contributed by atoms with Crippen molar-refractivity contribution in [2.24, 2.45) is 0 Å². The van der Waals surface area contributed by atoms with Crippen LogP contribution in [0.15, 0.2) is 21.5 Å². The maximum absolute atomic E-state index is 11.8. The summed E-state index contributed by atoms with van der Waals surface area (Å²) in [6.07, 6.45) is 0.855. The van der Waals surface area contributed by atoms with Gasteiger partial charge in [0, 0.05) is 6.07 Å². The van der Waals surface area contributed by atoms with Crippen molar-refractivity contribution >= 4 is 11.9 Å². The van der Waals surface area contributed by atoms with Gasteiger partial charge in [-0.05, 0) is 0 Å². The zero-order valence-corrected chi connectivity index (χ0v) is 11.6. The van der Waals surface area contributed by atoms with Crippen LogP contribution in [0.4, 0.5) is 0 Å². The van der Waals surface area contributed by atoms with Gasteiger partial charge >= 0.3 is 11.9 Å². The Morgan fingerprint density at radius 3 is 2.59 bits per heavy atom. The second kappa shape index (κ2) is 6.08. The van der Waals surface area contributed by atoms with Crippen LogP contribution in [0.1, 0.15) is 26.7 Å². The van der Waals surface area contributed by atoms with E-state index < -0.39 is 23.1 Å². The Bertz CT molecular complexity index is 777. The summed E-state index contributed by atoms with van der Waals surface area (Å²) in [4.78, 5) is 34.7. The first-order chi connectivity index (χ1) is 10.5. The fourth-order valence-corrected chi connectivity index (χ4v) is 1.63. The molecule has 0 radical (unpaired) electrons. The van der Waals surface area contributed by atoms with E-state index in [1.54, 1.807) is 0 Å². The first-order valence-electron chi connectivity index (χ1n) is 5.88. The maximum atomic E-state index is 11.8. The van der Waals surface area contributed by atoms with E-state index in [9.17, 15) is 14.4 Å². The first-order valence-corrected chi connectivity index (χ1v) is 5.88. The van der Waals surface area contributed by atoms with Crippen LogP contribution in [0, 0.1) is 0 Å². The third kappa shape index (κ3) is 2.80. The Morgan fingerprint density at radius 1 is 1.32 bits per heavy atom. The third-order valence-electron chi connectivity index (χ3n) is 2.66. The summed E-state index contributed by atoms with van der Waals surface area (Å²) in [5.41, 5.74) is -1.23. The summed E-state index contributed by atoms with van der Waals surface area (Å²) in [6, 6.07) is 1.02. The number of hydrogen-bond donors (Lipinski definition) is 1. The van der Waals surface area contributed by atoms with E-state index in [0.29, 0.717) is 0 Å². The van der Waals surface area contributed by atoms with Gasteiger partial charge in [-0.15, -0.1) is 5.10 Å². The van der Waals surface area contributed by atoms with Crippen molar-refractivity contribution in [3.8, 4) is 5.75 Å². The van der Waals surface area contributed by atoms with Gasteiger partial charge in [-0.3, -0.25) is 4.79 Å². The van der Waals surface area contributed by atoms with Crippen molar-refractivity contribution in [2.75, 3.05) is 14.2 Å². The van der Waals surface area contributed by atoms with Gasteiger partial charge < -0.3 is 19.0 Å². The number of hydrogen-bond acceptors (Lipinski definition) is 9. The van der Waals surface area contributed by atoms with Crippen molar-refractivity contribution in [3.05, 3.63) is 39.7 Å². The molecule has 0 aromatic carbocycles. The quantitative estimate of drug-likeness (QED) is 0.745. The van der Waals surface area contributed by atoms with Crippen LogP contribution in [0.2, 0.25) is 0 Å². The second-order valence-electron chi connectivity index (χ2n) is 4.02. The van der Waals surface area contributed by atoms with Crippen LogP contribution < -0.4 is 5.43 Å². The molecule has 0 bridgehead atoms. The predicted octanol–water partition coefficient (Wildman–Crippen LogP) is -0.442. The molecule has 2 rings (SSSR count). The standard InChI is InChI=1S/C12H11N3O7/c1-20-11(18)9-10(12(19)21-2)15(14-13-9)4-6-3-7(16)8(17)5-22-6/h3,5,17H,4H2,1-2H3. The number of nitrogens with zero attached hydrogens (tertiary/aromatic N) is 3. The van der Waals surface area contributed by atoms with Crippen LogP contribution in [0.25, 0.3) is 0 Å². The van der Waals surface area contributed by atoms with Gasteiger partial charge in [0.25, 0.3) is 0 Å². The van der Waals surface area contributed by atoms with E-state index in [2.05, 4.69) is 19.8 Å². The zero-order chi connectivity index (χ0) is 16.3. The molecule has 0 aliphatic rings. The molecule has 1 N–H and O–H groups in total. The lowest BCUT2D eigenvalue weighted by Gasteiger charge is -2.05. The SMILES string of the molecule is COC(=O)c1nnn(Cc2cc(=O)c(O)co2)c1C(=O)OC. The molecule has 2 aromatic heterocycles. The molecular formula is C12H11N3O7. The predicted molar refractivity (Wildman–Crippen MR) is 68.4 cm³/mol. The van der Waals surface area contributed by atoms with Crippen molar-refractivity contribution in [1.82, 2.24) is 15.0 Å². The lowest BCUT2D eigenvalue weighted by molar-refractivity contribution is 0.0543. The molecule has 0 saturated heterocycles. The van der Waals surface area contributed by atoms with Crippen LogP contribution in [-0.2, 0) is 16.0 Å². The number of carbonyl (C=O) groups is 2. The average Bonchev–Trinajstić information content (AvgIpc) is 2.93. The Hall–Kier alpha value is -3.17. The summed E-state index contributed by atoms with van der Waals surface area (Å²) in [6.45, 7) is -0.177. The van der Waals surface area contributed by atoms with Gasteiger partial charge in [-0.2, -0.15) is 0 Å². The number of rotatable bonds is 4. The van der Waals surface area contributed by atoms with Gasteiger partial charge in [0.15, 0.2) is 11.4 Å². The molecule has 0 atom stereocenters. The van der Waals surface area contributed by atoms with E-state index in [1.807, 2.05) is 0 Å². The van der Waals surface area contributed by atoms with Gasteiger partial charge in [0.2, 0.25) is 11.1 Å². The fourth-order valence-electron chi connectivity index (χ4n) is 1.63. The van der Waals surface area contributed by atoms with E-state index in [0.717, 1.165) is 31.2 Å². The minimum atomic E-state index is -0.862. The van der Waals surface area contributed by atoms with Crippen LogP contribution >= 0.6 is 0 Å². The molecule has 0 aliphatic carbocycles. The Labute approximate surface area is 122 Å². The van der Waals surface area contributed by atoms with E-state index in [4.69, 9.17) is 9.52 Å². The van der Waals surface area contributed by atoms with Crippen molar-refractivity contribution in [2.45, 2.75) is 6.54 Å². The molecule has 0 spiro atoms. The van der Waals surface area contributed by atoms with E-state index >= 15 is 0 Å². The first kappa shape index (κ1) is 15.2. The highest BCUT2D eigenvalue weighted by Gasteiger charge is 2.27. The molecule has 2 aromatic rings. The molecule has 10 nitrogen and oxygen atoms in total. The number of esters is 2. The molecule has 2 heterocycles. The van der Waals surface area contributed by atoms with Gasteiger partial charge in [-0.1, -0.05) is 5.21 Å². The van der Waals surface area contributed by atoms with Gasteiger partial charge in [-0.25, -0.2) is 14.3 Å². The summed E-state index contributed by atoms with van der Waals surface area (Å²) in [5.74, 6) is -2.18. The van der Waals surface area contributed by atoms with Crippen molar-refractivity contribution in [3.63, 3.8) is 0 Å². The van der Waals surface area contributed by atoms with Crippen molar-refractivity contribution < 1.29 is 28.6 Å². The summed E-state index contributed by atoms with van der Waals surface area (Å²) >= 11 is 0. The van der Waals surface area contributed by atoms with Gasteiger partial charge in [0.1, 0.15) is 18.6 Å². The topological polar surface area (TPSA) is 134 Å². The zero-order valence-electron chi connectivity index (χ0n) is 11.6. The minimum Gasteiger partial charge on any atom is -0.502 e. The fraction of sp³-hybridized carbons (Fsp3) is 0.250. The number of ether oxygens (including phenoxy) is 2. The summed E-state index contributed by atoms with van der Waals surface area (Å²) in [5, 5.41) is 16.3. The highest BCUT2D eigenvalue weighted by molar-refractivity contribution is 6.00. The molecule has 0 saturated carbocycles.